The number of aliphatic hydroxyl groups is 1. The summed E-state index contributed by atoms with van der Waals surface area (Å²) in [6, 6.07) is 10.3. The lowest BCUT2D eigenvalue weighted by Crippen LogP contribution is -2.30. The van der Waals surface area contributed by atoms with E-state index >= 15 is 0 Å². The largest absolute Gasteiger partial charge is 0.512 e. The second-order valence-electron chi connectivity index (χ2n) is 6.74. The van der Waals surface area contributed by atoms with E-state index in [2.05, 4.69) is 13.0 Å². The number of benzene rings is 2. The zero-order valence-electron chi connectivity index (χ0n) is 15.6. The van der Waals surface area contributed by atoms with E-state index in [-0.39, 0.29) is 5.91 Å². The normalized spacial score (nSPS) is 14.8. The van der Waals surface area contributed by atoms with E-state index in [0.717, 1.165) is 40.1 Å². The number of amides is 1. The molecule has 0 spiro atoms. The first kappa shape index (κ1) is 17.4. The van der Waals surface area contributed by atoms with E-state index in [1.807, 2.05) is 31.3 Å². The quantitative estimate of drug-likeness (QED) is 0.892. The summed E-state index contributed by atoms with van der Waals surface area (Å²) in [4.78, 5) is 15.0. The molecular formula is C23H22NO3. The third-order valence-corrected chi connectivity index (χ3v) is 5.01. The van der Waals surface area contributed by atoms with Crippen LogP contribution in [0.25, 0.3) is 12.3 Å². The predicted molar refractivity (Wildman–Crippen MR) is 106 cm³/mol. The van der Waals surface area contributed by atoms with Gasteiger partial charge in [0.25, 0.3) is 5.91 Å². The number of ether oxygens (including phenoxy) is 1. The van der Waals surface area contributed by atoms with Crippen LogP contribution in [0.15, 0.2) is 36.1 Å². The molecule has 4 nitrogen and oxygen atoms in total. The number of fused-ring (bicyclic) bond motifs is 2. The molecule has 1 amide bonds. The van der Waals surface area contributed by atoms with Crippen molar-refractivity contribution in [2.24, 2.45) is 0 Å². The Morgan fingerprint density at radius 2 is 1.96 bits per heavy atom. The molecule has 2 aromatic rings. The highest BCUT2D eigenvalue weighted by molar-refractivity contribution is 6.15. The Hall–Kier alpha value is -3.01. The summed E-state index contributed by atoms with van der Waals surface area (Å²) in [5.41, 5.74) is 3.62. The lowest BCUT2D eigenvalue weighted by Gasteiger charge is -2.19. The molecule has 0 aromatic heterocycles. The summed E-state index contributed by atoms with van der Waals surface area (Å²) in [7, 11) is 0. The summed E-state index contributed by atoms with van der Waals surface area (Å²) < 4.78 is 5.95. The lowest BCUT2D eigenvalue weighted by molar-refractivity contribution is 0.100. The minimum absolute atomic E-state index is 0.0769. The summed E-state index contributed by atoms with van der Waals surface area (Å²) in [5, 5.41) is 11.9. The molecule has 27 heavy (non-hydrogen) atoms. The van der Waals surface area contributed by atoms with Crippen LogP contribution in [0, 0.1) is 6.07 Å². The molecule has 0 bridgehead atoms. The fourth-order valence-electron chi connectivity index (χ4n) is 3.89. The van der Waals surface area contributed by atoms with E-state index < -0.39 is 0 Å². The Balaban J connectivity index is 2.02. The number of aliphatic hydroxyl groups excluding tert-OH is 1. The van der Waals surface area contributed by atoms with Crippen molar-refractivity contribution in [3.8, 4) is 5.75 Å². The van der Waals surface area contributed by atoms with Crippen LogP contribution in [0.1, 0.15) is 41.8 Å². The molecule has 0 saturated carbocycles. The highest BCUT2D eigenvalue weighted by atomic mass is 16.5. The third-order valence-electron chi connectivity index (χ3n) is 5.01. The van der Waals surface area contributed by atoms with Crippen LogP contribution in [-0.4, -0.2) is 17.6 Å². The van der Waals surface area contributed by atoms with Gasteiger partial charge in [-0.25, -0.2) is 0 Å². The smallest absolute Gasteiger partial charge is 0.266 e. The SMILES string of the molecule is CCCc1c2c(c(OCC)c3c1=CN(c1cc[c]cc1)C3=O)=CC=C(O)C2. The maximum Gasteiger partial charge on any atom is 0.266 e. The Kier molecular flexibility index (Phi) is 4.48. The van der Waals surface area contributed by atoms with Gasteiger partial charge in [-0.05, 0) is 54.8 Å². The van der Waals surface area contributed by atoms with Gasteiger partial charge in [-0.2, -0.15) is 0 Å². The van der Waals surface area contributed by atoms with Gasteiger partial charge in [0, 0.05) is 28.7 Å². The Bertz CT molecular complexity index is 1050. The minimum Gasteiger partial charge on any atom is -0.512 e. The minimum atomic E-state index is -0.0769. The summed E-state index contributed by atoms with van der Waals surface area (Å²) >= 11 is 0. The van der Waals surface area contributed by atoms with Gasteiger partial charge < -0.3 is 9.84 Å². The van der Waals surface area contributed by atoms with Gasteiger partial charge in [0.1, 0.15) is 5.75 Å². The number of rotatable bonds is 5. The number of hydrogen-bond donors (Lipinski definition) is 1. The topological polar surface area (TPSA) is 49.8 Å². The van der Waals surface area contributed by atoms with Crippen LogP contribution in [0.3, 0.4) is 0 Å². The Labute approximate surface area is 158 Å². The molecule has 4 rings (SSSR count). The predicted octanol–water partition coefficient (Wildman–Crippen LogP) is 3.01. The van der Waals surface area contributed by atoms with Crippen LogP contribution in [0.5, 0.6) is 5.75 Å². The second-order valence-corrected chi connectivity index (χ2v) is 6.74. The van der Waals surface area contributed by atoms with Crippen molar-refractivity contribution in [3.63, 3.8) is 0 Å². The van der Waals surface area contributed by atoms with E-state index in [0.29, 0.717) is 30.1 Å². The zero-order valence-corrected chi connectivity index (χ0v) is 15.6. The number of carbonyl (C=O) groups excluding carboxylic acids is 1. The number of carbonyl (C=O) groups is 1. The van der Waals surface area contributed by atoms with E-state index in [4.69, 9.17) is 4.74 Å². The Morgan fingerprint density at radius 1 is 1.19 bits per heavy atom. The van der Waals surface area contributed by atoms with Crippen molar-refractivity contribution < 1.29 is 14.6 Å². The third kappa shape index (κ3) is 2.81. The molecule has 1 aliphatic heterocycles. The monoisotopic (exact) mass is 360 g/mol. The van der Waals surface area contributed by atoms with Gasteiger partial charge >= 0.3 is 0 Å². The molecular weight excluding hydrogens is 338 g/mol. The van der Waals surface area contributed by atoms with Crippen molar-refractivity contribution in [2.75, 3.05) is 11.5 Å². The lowest BCUT2D eigenvalue weighted by atomic mass is 9.90. The average Bonchev–Trinajstić information content (AvgIpc) is 3.02. The zero-order chi connectivity index (χ0) is 19.0. The standard InChI is InChI=1S/C23H22NO3/c1-3-8-17-19-13-16(25)11-12-18(19)22(27-4-2)21-20(17)14-24(23(21)26)15-9-6-5-7-10-15/h6-7,9-12,14,25H,3-4,8,13H2,1-2H3. The fraction of sp³-hybridized carbons (Fsp3) is 0.261. The molecule has 1 radical (unpaired) electrons. The van der Waals surface area contributed by atoms with Crippen LogP contribution in [0.4, 0.5) is 5.69 Å². The van der Waals surface area contributed by atoms with Crippen LogP contribution in [0.2, 0.25) is 0 Å². The Morgan fingerprint density at radius 3 is 2.67 bits per heavy atom. The molecule has 0 unspecified atom stereocenters. The average molecular weight is 360 g/mol. The summed E-state index contributed by atoms with van der Waals surface area (Å²) in [6.45, 7) is 4.52. The highest BCUT2D eigenvalue weighted by Gasteiger charge is 2.31. The molecule has 137 valence electrons. The molecule has 2 aromatic carbocycles. The van der Waals surface area contributed by atoms with Gasteiger partial charge in [0.05, 0.1) is 17.9 Å². The molecule has 1 N–H and O–H groups in total. The number of allylic oxidation sites excluding steroid dienone is 2. The number of hydrogen-bond acceptors (Lipinski definition) is 3. The molecule has 1 heterocycles. The van der Waals surface area contributed by atoms with Gasteiger partial charge in [-0.1, -0.05) is 25.5 Å². The first-order valence-corrected chi connectivity index (χ1v) is 9.37. The van der Waals surface area contributed by atoms with Gasteiger partial charge in [-0.15, -0.1) is 0 Å². The van der Waals surface area contributed by atoms with Crippen LogP contribution >= 0.6 is 0 Å². The maximum absolute atomic E-state index is 13.3. The molecule has 1 aliphatic carbocycles. The van der Waals surface area contributed by atoms with E-state index in [1.165, 1.54) is 0 Å². The summed E-state index contributed by atoms with van der Waals surface area (Å²) in [5.74, 6) is 0.881. The molecule has 2 aliphatic rings. The van der Waals surface area contributed by atoms with Gasteiger partial charge in [0.15, 0.2) is 0 Å². The number of anilines is 1. The fourth-order valence-corrected chi connectivity index (χ4v) is 3.89. The highest BCUT2D eigenvalue weighted by Crippen LogP contribution is 2.27. The summed E-state index contributed by atoms with van der Waals surface area (Å²) in [6.07, 6.45) is 7.75. The van der Waals surface area contributed by atoms with Crippen LogP contribution < -0.4 is 20.1 Å². The van der Waals surface area contributed by atoms with Crippen molar-refractivity contribution >= 4 is 23.9 Å². The van der Waals surface area contributed by atoms with E-state index in [1.54, 1.807) is 23.1 Å². The second kappa shape index (κ2) is 6.95. The first-order valence-electron chi connectivity index (χ1n) is 9.37. The molecule has 0 fully saturated rings. The molecule has 0 saturated heterocycles. The van der Waals surface area contributed by atoms with Crippen molar-refractivity contribution in [3.05, 3.63) is 69.3 Å². The van der Waals surface area contributed by atoms with Gasteiger partial charge in [-0.3, -0.25) is 9.69 Å². The van der Waals surface area contributed by atoms with Gasteiger partial charge in [0.2, 0.25) is 0 Å². The first-order chi connectivity index (χ1) is 13.2. The molecule has 4 heteroatoms. The van der Waals surface area contributed by atoms with Crippen molar-refractivity contribution in [1.29, 1.82) is 0 Å². The van der Waals surface area contributed by atoms with Crippen molar-refractivity contribution in [2.45, 2.75) is 33.1 Å². The maximum atomic E-state index is 13.3. The van der Waals surface area contributed by atoms with E-state index in [9.17, 15) is 9.90 Å². The van der Waals surface area contributed by atoms with Crippen LogP contribution in [-0.2, 0) is 12.8 Å². The molecule has 0 atom stereocenters. The number of nitrogens with zero attached hydrogens (tertiary/aromatic N) is 1. The van der Waals surface area contributed by atoms with Crippen molar-refractivity contribution in [1.82, 2.24) is 0 Å².